The molecule has 112 valence electrons. The molecule has 6 nitrogen and oxygen atoms in total. The summed E-state index contributed by atoms with van der Waals surface area (Å²) >= 11 is 0. The van der Waals surface area contributed by atoms with Crippen molar-refractivity contribution < 1.29 is 14.7 Å². The van der Waals surface area contributed by atoms with E-state index in [0.29, 0.717) is 0 Å². The van der Waals surface area contributed by atoms with Crippen LogP contribution in [0.5, 0.6) is 0 Å². The van der Waals surface area contributed by atoms with Crippen LogP contribution < -0.4 is 10.6 Å². The molecular formula is C15H19N3O3. The highest BCUT2D eigenvalue weighted by molar-refractivity contribution is 6.17. The smallest absolute Gasteiger partial charge is 0.277 e. The molecular weight excluding hydrogens is 270 g/mol. The van der Waals surface area contributed by atoms with E-state index in [-0.39, 0.29) is 24.9 Å². The van der Waals surface area contributed by atoms with Crippen LogP contribution in [-0.2, 0) is 9.59 Å². The molecule has 0 aromatic heterocycles. The van der Waals surface area contributed by atoms with Gasteiger partial charge in [-0.15, -0.1) is 0 Å². The van der Waals surface area contributed by atoms with Gasteiger partial charge in [-0.05, 0) is 26.0 Å². The first-order valence-corrected chi connectivity index (χ1v) is 6.84. The minimum absolute atomic E-state index is 0.00520. The van der Waals surface area contributed by atoms with Gasteiger partial charge in [0.05, 0.1) is 24.5 Å². The van der Waals surface area contributed by atoms with E-state index in [9.17, 15) is 9.59 Å². The molecule has 21 heavy (non-hydrogen) atoms. The van der Waals surface area contributed by atoms with Crippen LogP contribution in [0.25, 0.3) is 0 Å². The SMILES string of the molecule is CC(C)Nc1ccccc1NC1=CC(=O)N(CCO)C1=O. The molecule has 0 fully saturated rings. The predicted octanol–water partition coefficient (Wildman–Crippen LogP) is 1.16. The van der Waals surface area contributed by atoms with Crippen molar-refractivity contribution in [1.29, 1.82) is 0 Å². The van der Waals surface area contributed by atoms with Crippen LogP contribution in [0.1, 0.15) is 13.8 Å². The summed E-state index contributed by atoms with van der Waals surface area (Å²) in [4.78, 5) is 24.8. The molecule has 2 amide bonds. The Morgan fingerprint density at radius 3 is 2.48 bits per heavy atom. The Kier molecular flexibility index (Phi) is 4.59. The molecule has 1 aliphatic rings. The molecule has 1 heterocycles. The molecule has 0 spiro atoms. The van der Waals surface area contributed by atoms with Crippen molar-refractivity contribution in [3.63, 3.8) is 0 Å². The van der Waals surface area contributed by atoms with E-state index in [1.165, 1.54) is 6.08 Å². The topological polar surface area (TPSA) is 81.7 Å². The molecule has 0 bridgehead atoms. The number of β-amino-alcohol motifs (C(OH)–C–C–N with tert-alkyl or cyclic N) is 1. The minimum Gasteiger partial charge on any atom is -0.395 e. The van der Waals surface area contributed by atoms with Gasteiger partial charge in [0.25, 0.3) is 11.8 Å². The van der Waals surface area contributed by atoms with Crippen molar-refractivity contribution >= 4 is 23.2 Å². The summed E-state index contributed by atoms with van der Waals surface area (Å²) in [5.41, 5.74) is 1.80. The summed E-state index contributed by atoms with van der Waals surface area (Å²) in [6.07, 6.45) is 1.25. The summed E-state index contributed by atoms with van der Waals surface area (Å²) in [5.74, 6) is -0.834. The maximum absolute atomic E-state index is 12.1. The molecule has 3 N–H and O–H groups in total. The molecule has 0 unspecified atom stereocenters. The summed E-state index contributed by atoms with van der Waals surface area (Å²) in [6, 6.07) is 7.72. The van der Waals surface area contributed by atoms with Crippen molar-refractivity contribution in [2.45, 2.75) is 19.9 Å². The second-order valence-corrected chi connectivity index (χ2v) is 5.05. The third-order valence-electron chi connectivity index (χ3n) is 2.97. The highest BCUT2D eigenvalue weighted by Crippen LogP contribution is 2.25. The van der Waals surface area contributed by atoms with E-state index >= 15 is 0 Å². The van der Waals surface area contributed by atoms with Gasteiger partial charge in [0.2, 0.25) is 0 Å². The number of nitrogens with one attached hydrogen (secondary N) is 2. The molecule has 0 radical (unpaired) electrons. The lowest BCUT2D eigenvalue weighted by Crippen LogP contribution is -2.34. The lowest BCUT2D eigenvalue weighted by Gasteiger charge is -2.17. The Bertz CT molecular complexity index is 581. The van der Waals surface area contributed by atoms with Gasteiger partial charge in [-0.25, -0.2) is 0 Å². The lowest BCUT2D eigenvalue weighted by molar-refractivity contribution is -0.137. The highest BCUT2D eigenvalue weighted by atomic mass is 16.3. The molecule has 1 aromatic carbocycles. The van der Waals surface area contributed by atoms with Crippen molar-refractivity contribution in [3.8, 4) is 0 Å². The fourth-order valence-corrected chi connectivity index (χ4v) is 2.08. The molecule has 0 saturated carbocycles. The standard InChI is InChI=1S/C15H19N3O3/c1-10(2)16-11-5-3-4-6-12(11)17-13-9-14(20)18(7-8-19)15(13)21/h3-6,9-10,16-17,19H,7-8H2,1-2H3. The molecule has 2 rings (SSSR count). The van der Waals surface area contributed by atoms with Gasteiger partial charge in [0, 0.05) is 12.1 Å². The van der Waals surface area contributed by atoms with E-state index in [4.69, 9.17) is 5.11 Å². The van der Waals surface area contributed by atoms with Gasteiger partial charge in [-0.3, -0.25) is 14.5 Å². The summed E-state index contributed by atoms with van der Waals surface area (Å²) in [5, 5.41) is 15.1. The number of benzene rings is 1. The van der Waals surface area contributed by atoms with Gasteiger partial charge in [0.1, 0.15) is 5.70 Å². The first kappa shape index (κ1) is 15.1. The maximum Gasteiger partial charge on any atom is 0.277 e. The Labute approximate surface area is 123 Å². The van der Waals surface area contributed by atoms with Gasteiger partial charge >= 0.3 is 0 Å². The number of para-hydroxylation sites is 2. The number of rotatable bonds is 6. The van der Waals surface area contributed by atoms with Crippen LogP contribution in [0.15, 0.2) is 36.0 Å². The van der Waals surface area contributed by atoms with Crippen LogP contribution in [0.2, 0.25) is 0 Å². The second-order valence-electron chi connectivity index (χ2n) is 5.05. The normalized spacial score (nSPS) is 14.7. The third kappa shape index (κ3) is 3.41. The predicted molar refractivity (Wildman–Crippen MR) is 80.7 cm³/mol. The number of nitrogens with zero attached hydrogens (tertiary/aromatic N) is 1. The van der Waals surface area contributed by atoms with E-state index in [2.05, 4.69) is 10.6 Å². The zero-order chi connectivity index (χ0) is 15.4. The number of aliphatic hydroxyl groups excluding tert-OH is 1. The van der Waals surface area contributed by atoms with Gasteiger partial charge < -0.3 is 15.7 Å². The zero-order valence-electron chi connectivity index (χ0n) is 12.1. The maximum atomic E-state index is 12.1. The molecule has 1 aromatic rings. The number of imide groups is 1. The Morgan fingerprint density at radius 1 is 1.19 bits per heavy atom. The fourth-order valence-electron chi connectivity index (χ4n) is 2.08. The summed E-state index contributed by atoms with van der Waals surface area (Å²) in [6.45, 7) is 3.79. The van der Waals surface area contributed by atoms with Crippen LogP contribution in [0.3, 0.4) is 0 Å². The van der Waals surface area contributed by atoms with Crippen LogP contribution in [0.4, 0.5) is 11.4 Å². The van der Waals surface area contributed by atoms with E-state index in [1.54, 1.807) is 0 Å². The van der Waals surface area contributed by atoms with E-state index in [1.807, 2.05) is 38.1 Å². The molecule has 0 aliphatic carbocycles. The van der Waals surface area contributed by atoms with Gasteiger partial charge in [0.15, 0.2) is 0 Å². The number of carbonyl (C=O) groups is 2. The number of anilines is 2. The molecule has 1 aliphatic heterocycles. The molecule has 0 atom stereocenters. The van der Waals surface area contributed by atoms with Crippen molar-refractivity contribution in [1.82, 2.24) is 4.90 Å². The second kappa shape index (κ2) is 6.41. The average Bonchev–Trinajstić information content (AvgIpc) is 2.69. The number of hydrogen-bond acceptors (Lipinski definition) is 5. The number of hydrogen-bond donors (Lipinski definition) is 3. The van der Waals surface area contributed by atoms with Gasteiger partial charge in [-0.1, -0.05) is 12.1 Å². The summed E-state index contributed by atoms with van der Waals surface area (Å²) in [7, 11) is 0. The fraction of sp³-hybridized carbons (Fsp3) is 0.333. The van der Waals surface area contributed by atoms with Crippen molar-refractivity contribution in [2.24, 2.45) is 0 Å². The third-order valence-corrected chi connectivity index (χ3v) is 2.97. The molecule has 0 saturated heterocycles. The molecule has 6 heteroatoms. The van der Waals surface area contributed by atoms with Crippen molar-refractivity contribution in [2.75, 3.05) is 23.8 Å². The number of amides is 2. The number of carbonyl (C=O) groups excluding carboxylic acids is 2. The number of aliphatic hydroxyl groups is 1. The average molecular weight is 289 g/mol. The minimum atomic E-state index is -0.423. The first-order valence-electron chi connectivity index (χ1n) is 6.84. The largest absolute Gasteiger partial charge is 0.395 e. The Hall–Kier alpha value is -2.34. The first-order chi connectivity index (χ1) is 10.0. The van der Waals surface area contributed by atoms with Crippen LogP contribution in [-0.4, -0.2) is 41.0 Å². The highest BCUT2D eigenvalue weighted by Gasteiger charge is 2.30. The van der Waals surface area contributed by atoms with E-state index in [0.717, 1.165) is 16.3 Å². The van der Waals surface area contributed by atoms with Crippen LogP contribution in [0, 0.1) is 0 Å². The van der Waals surface area contributed by atoms with Crippen molar-refractivity contribution in [3.05, 3.63) is 36.0 Å². The van der Waals surface area contributed by atoms with Gasteiger partial charge in [-0.2, -0.15) is 0 Å². The van der Waals surface area contributed by atoms with E-state index < -0.39 is 11.8 Å². The quantitative estimate of drug-likeness (QED) is 0.685. The Balaban J connectivity index is 2.18. The van der Waals surface area contributed by atoms with Crippen LogP contribution >= 0.6 is 0 Å². The zero-order valence-corrected chi connectivity index (χ0v) is 12.1. The Morgan fingerprint density at radius 2 is 1.86 bits per heavy atom. The monoisotopic (exact) mass is 289 g/mol. The summed E-state index contributed by atoms with van der Waals surface area (Å²) < 4.78 is 0. The lowest BCUT2D eigenvalue weighted by atomic mass is 10.2.